The van der Waals surface area contributed by atoms with Gasteiger partial charge in [0.2, 0.25) is 0 Å². The Balaban J connectivity index is 1.45. The fraction of sp³-hybridized carbons (Fsp3) is 0.333. The minimum Gasteiger partial charge on any atom is -0.442 e. The van der Waals surface area contributed by atoms with Crippen LogP contribution in [0.4, 0.5) is 22.0 Å². The molecule has 1 fully saturated rings. The molecule has 0 radical (unpaired) electrons. The standard InChI is InChI=1S/C30H34N6O5S/c1-30(2,3)41-29(39)36-28-23(19-24(42-28)26(37)32-34(5)21-9-7-6-8-10-21)25(31-36)33(4)27(38)20-11-13-22(14-12-20)35-15-17-40-18-16-35/h6-14,19H,15-18H2,1-5H3,(H,32,37). The lowest BCUT2D eigenvalue weighted by atomic mass is 10.1. The normalized spacial score (nSPS) is 13.6. The molecule has 12 heteroatoms. The summed E-state index contributed by atoms with van der Waals surface area (Å²) in [5, 5.41) is 6.57. The van der Waals surface area contributed by atoms with Crippen molar-refractivity contribution < 1.29 is 23.9 Å². The van der Waals surface area contributed by atoms with Gasteiger partial charge in [0.1, 0.15) is 10.4 Å². The smallest absolute Gasteiger partial charge is 0.436 e. The van der Waals surface area contributed by atoms with Gasteiger partial charge < -0.3 is 14.4 Å². The molecule has 0 unspecified atom stereocenters. The fourth-order valence-corrected chi connectivity index (χ4v) is 5.52. The number of ether oxygens (including phenoxy) is 2. The second-order valence-electron chi connectivity index (χ2n) is 10.9. The molecule has 2 aromatic carbocycles. The van der Waals surface area contributed by atoms with Crippen molar-refractivity contribution in [1.82, 2.24) is 15.2 Å². The van der Waals surface area contributed by atoms with E-state index in [4.69, 9.17) is 9.47 Å². The summed E-state index contributed by atoms with van der Waals surface area (Å²) in [7, 11) is 3.34. The van der Waals surface area contributed by atoms with Crippen molar-refractivity contribution in [2.24, 2.45) is 0 Å². The number of fused-ring (bicyclic) bond motifs is 1. The van der Waals surface area contributed by atoms with Crippen molar-refractivity contribution in [3.8, 4) is 0 Å². The van der Waals surface area contributed by atoms with E-state index in [9.17, 15) is 14.4 Å². The lowest BCUT2D eigenvalue weighted by Crippen LogP contribution is -2.38. The van der Waals surface area contributed by atoms with Crippen LogP contribution in [0.2, 0.25) is 0 Å². The zero-order valence-corrected chi connectivity index (χ0v) is 25.1. The van der Waals surface area contributed by atoms with Crippen molar-refractivity contribution in [1.29, 1.82) is 0 Å². The summed E-state index contributed by atoms with van der Waals surface area (Å²) in [6, 6.07) is 18.4. The molecule has 1 N–H and O–H groups in total. The topological polar surface area (TPSA) is 109 Å². The largest absolute Gasteiger partial charge is 0.442 e. The van der Waals surface area contributed by atoms with Gasteiger partial charge in [-0.05, 0) is 63.2 Å². The maximum absolute atomic E-state index is 13.6. The molecule has 1 saturated heterocycles. The average Bonchev–Trinajstić information content (AvgIpc) is 3.57. The number of nitrogens with zero attached hydrogens (tertiary/aromatic N) is 5. The zero-order chi connectivity index (χ0) is 30.0. The third-order valence-electron chi connectivity index (χ3n) is 6.66. The van der Waals surface area contributed by atoms with Crippen LogP contribution < -0.4 is 20.2 Å². The summed E-state index contributed by atoms with van der Waals surface area (Å²) >= 11 is 1.09. The number of rotatable bonds is 6. The van der Waals surface area contributed by atoms with E-state index < -0.39 is 11.7 Å². The molecular weight excluding hydrogens is 556 g/mol. The molecule has 0 spiro atoms. The minimum absolute atomic E-state index is 0.241. The van der Waals surface area contributed by atoms with Gasteiger partial charge in [0.15, 0.2) is 5.82 Å². The van der Waals surface area contributed by atoms with Gasteiger partial charge in [0, 0.05) is 38.4 Å². The monoisotopic (exact) mass is 590 g/mol. The van der Waals surface area contributed by atoms with Crippen molar-refractivity contribution in [2.75, 3.05) is 55.2 Å². The van der Waals surface area contributed by atoms with Gasteiger partial charge in [-0.15, -0.1) is 16.4 Å². The van der Waals surface area contributed by atoms with E-state index in [-0.39, 0.29) is 17.6 Å². The number of anilines is 3. The second kappa shape index (κ2) is 11.8. The van der Waals surface area contributed by atoms with E-state index in [0.29, 0.717) is 33.9 Å². The molecule has 5 rings (SSSR count). The van der Waals surface area contributed by atoms with E-state index in [0.717, 1.165) is 40.5 Å². The lowest BCUT2D eigenvalue weighted by Gasteiger charge is -2.29. The maximum atomic E-state index is 13.6. The number of benzene rings is 2. The van der Waals surface area contributed by atoms with Crippen LogP contribution in [-0.4, -0.2) is 73.7 Å². The Morgan fingerprint density at radius 3 is 2.31 bits per heavy atom. The number of morpholine rings is 1. The Labute approximate surface area is 248 Å². The summed E-state index contributed by atoms with van der Waals surface area (Å²) in [6.45, 7) is 8.21. The number of thiophene rings is 1. The van der Waals surface area contributed by atoms with Crippen LogP contribution in [0.1, 0.15) is 40.8 Å². The highest BCUT2D eigenvalue weighted by Gasteiger charge is 2.29. The van der Waals surface area contributed by atoms with E-state index in [1.165, 1.54) is 4.90 Å². The van der Waals surface area contributed by atoms with Crippen LogP contribution in [0.3, 0.4) is 0 Å². The minimum atomic E-state index is -0.769. The first-order valence-corrected chi connectivity index (χ1v) is 14.4. The first-order valence-electron chi connectivity index (χ1n) is 13.6. The molecule has 220 valence electrons. The summed E-state index contributed by atoms with van der Waals surface area (Å²) in [4.78, 5) is 44.3. The predicted octanol–water partition coefficient (Wildman–Crippen LogP) is 4.78. The van der Waals surface area contributed by atoms with Crippen molar-refractivity contribution in [3.05, 3.63) is 71.1 Å². The predicted molar refractivity (Wildman–Crippen MR) is 164 cm³/mol. The van der Waals surface area contributed by atoms with Gasteiger partial charge in [-0.25, -0.2) is 4.79 Å². The van der Waals surface area contributed by atoms with Gasteiger partial charge >= 0.3 is 6.09 Å². The number of hydrogen-bond acceptors (Lipinski definition) is 9. The molecule has 0 atom stereocenters. The van der Waals surface area contributed by atoms with E-state index >= 15 is 0 Å². The highest BCUT2D eigenvalue weighted by atomic mass is 32.1. The molecule has 3 heterocycles. The Morgan fingerprint density at radius 1 is 1.00 bits per heavy atom. The van der Waals surface area contributed by atoms with Crippen molar-refractivity contribution in [3.63, 3.8) is 0 Å². The Kier molecular flexibility index (Phi) is 8.19. The molecule has 1 aliphatic rings. The zero-order valence-electron chi connectivity index (χ0n) is 24.3. The molecule has 0 bridgehead atoms. The quantitative estimate of drug-likeness (QED) is 0.320. The number of para-hydroxylation sites is 1. The molecule has 4 aromatic rings. The molecule has 42 heavy (non-hydrogen) atoms. The van der Waals surface area contributed by atoms with Gasteiger partial charge in [0.25, 0.3) is 11.8 Å². The Bertz CT molecular complexity index is 1590. The third kappa shape index (κ3) is 6.24. The van der Waals surface area contributed by atoms with Gasteiger partial charge in [-0.1, -0.05) is 18.2 Å². The maximum Gasteiger partial charge on any atom is 0.436 e. The average molecular weight is 591 g/mol. The second-order valence-corrected chi connectivity index (χ2v) is 11.9. The first-order chi connectivity index (χ1) is 20.0. The van der Waals surface area contributed by atoms with E-state index in [1.54, 1.807) is 58.1 Å². The van der Waals surface area contributed by atoms with Gasteiger partial charge in [-0.3, -0.25) is 24.9 Å². The lowest BCUT2D eigenvalue weighted by molar-refractivity contribution is 0.0523. The summed E-state index contributed by atoms with van der Waals surface area (Å²) < 4.78 is 12.1. The van der Waals surface area contributed by atoms with Gasteiger partial charge in [-0.2, -0.15) is 4.68 Å². The Hall–Kier alpha value is -4.42. The summed E-state index contributed by atoms with van der Waals surface area (Å²) in [5.74, 6) is -0.429. The SMILES string of the molecule is CN(NC(=O)c1cc2c(N(C)C(=O)c3ccc(N4CCOCC4)cc3)nn(C(=O)OC(C)(C)C)c2s1)c1ccccc1. The molecule has 11 nitrogen and oxygen atoms in total. The van der Waals surface area contributed by atoms with Crippen molar-refractivity contribution >= 4 is 56.7 Å². The van der Waals surface area contributed by atoms with Gasteiger partial charge in [0.05, 0.1) is 29.2 Å². The van der Waals surface area contributed by atoms with Crippen LogP contribution in [0.15, 0.2) is 60.7 Å². The number of amides is 2. The third-order valence-corrected chi connectivity index (χ3v) is 7.77. The molecular formula is C30H34N6O5S. The summed E-state index contributed by atoms with van der Waals surface area (Å²) in [5.41, 5.74) is 4.36. The number of aromatic nitrogens is 2. The first kappa shape index (κ1) is 29.1. The number of carbonyl (C=O) groups excluding carboxylic acids is 3. The van der Waals surface area contributed by atoms with Crippen LogP contribution in [-0.2, 0) is 9.47 Å². The Morgan fingerprint density at radius 2 is 1.67 bits per heavy atom. The molecule has 0 saturated carbocycles. The molecule has 0 aliphatic carbocycles. The van der Waals surface area contributed by atoms with Crippen molar-refractivity contribution in [2.45, 2.75) is 26.4 Å². The fourth-order valence-electron chi connectivity index (χ4n) is 4.53. The highest BCUT2D eigenvalue weighted by molar-refractivity contribution is 7.20. The number of hydrazine groups is 1. The summed E-state index contributed by atoms with van der Waals surface area (Å²) in [6.07, 6.45) is -0.704. The van der Waals surface area contributed by atoms with Crippen LogP contribution in [0.5, 0.6) is 0 Å². The number of hydrogen-bond donors (Lipinski definition) is 1. The molecule has 2 aromatic heterocycles. The number of nitrogens with one attached hydrogen (secondary N) is 1. The molecule has 1 aliphatic heterocycles. The highest BCUT2D eigenvalue weighted by Crippen LogP contribution is 2.34. The van der Waals surface area contributed by atoms with Crippen LogP contribution >= 0.6 is 11.3 Å². The van der Waals surface area contributed by atoms with E-state index in [2.05, 4.69) is 15.4 Å². The van der Waals surface area contributed by atoms with Crippen LogP contribution in [0.25, 0.3) is 10.2 Å². The number of carbonyl (C=O) groups is 3. The molecule has 2 amide bonds. The van der Waals surface area contributed by atoms with Crippen LogP contribution in [0, 0.1) is 0 Å². The van der Waals surface area contributed by atoms with E-state index in [1.807, 2.05) is 42.5 Å².